The average Bonchev–Trinajstić information content (AvgIpc) is 3.20. The van der Waals surface area contributed by atoms with E-state index in [1.165, 1.54) is 22.5 Å². The highest BCUT2D eigenvalue weighted by Crippen LogP contribution is 2.31. The summed E-state index contributed by atoms with van der Waals surface area (Å²) >= 11 is 0. The lowest BCUT2D eigenvalue weighted by atomic mass is 10.3. The Kier molecular flexibility index (Phi) is 3.68. The Bertz CT molecular complexity index is 591. The molecule has 0 amide bonds. The maximum atomic E-state index is 12.4. The predicted molar refractivity (Wildman–Crippen MR) is 68.3 cm³/mol. The van der Waals surface area contributed by atoms with Crippen LogP contribution in [-0.2, 0) is 10.0 Å². The van der Waals surface area contributed by atoms with Crippen molar-refractivity contribution < 1.29 is 18.3 Å². The fourth-order valence-electron chi connectivity index (χ4n) is 1.71. The van der Waals surface area contributed by atoms with E-state index in [9.17, 15) is 13.2 Å². The van der Waals surface area contributed by atoms with Gasteiger partial charge in [0, 0.05) is 18.8 Å². The smallest absolute Gasteiger partial charge is 0.337 e. The first-order chi connectivity index (χ1) is 8.96. The first-order valence-corrected chi connectivity index (χ1v) is 7.23. The molecule has 0 unspecified atom stereocenters. The second-order valence-electron chi connectivity index (χ2n) is 4.28. The zero-order chi connectivity index (χ0) is 14.0. The Hall–Kier alpha value is -1.73. The highest BCUT2D eigenvalue weighted by Gasteiger charge is 2.37. The summed E-state index contributed by atoms with van der Waals surface area (Å²) in [5.41, 5.74) is -0.0411. The van der Waals surface area contributed by atoms with Gasteiger partial charge in [-0.2, -0.15) is 4.31 Å². The van der Waals surface area contributed by atoms with E-state index in [-0.39, 0.29) is 23.2 Å². The zero-order valence-electron chi connectivity index (χ0n) is 10.2. The highest BCUT2D eigenvalue weighted by molar-refractivity contribution is 7.89. The Balaban J connectivity index is 2.32. The number of carboxylic acids is 1. The number of carboxylic acid groups (broad SMARTS) is 1. The molecule has 0 spiro atoms. The topological polar surface area (TPSA) is 87.6 Å². The van der Waals surface area contributed by atoms with Crippen LogP contribution in [0.2, 0.25) is 0 Å². The predicted octanol–water partition coefficient (Wildman–Crippen LogP) is 1.12. The maximum Gasteiger partial charge on any atom is 0.337 e. The molecule has 1 aromatic heterocycles. The molecular formula is C12H14N2O4S. The number of hydrogen-bond donors (Lipinski definition) is 1. The summed E-state index contributed by atoms with van der Waals surface area (Å²) in [6.07, 6.45) is 4.25. The number of carbonyl (C=O) groups is 1. The Morgan fingerprint density at radius 3 is 2.63 bits per heavy atom. The number of hydrogen-bond acceptors (Lipinski definition) is 4. The molecule has 0 bridgehead atoms. The normalized spacial score (nSPS) is 15.4. The van der Waals surface area contributed by atoms with Gasteiger partial charge in [0.15, 0.2) is 5.03 Å². The molecule has 19 heavy (non-hydrogen) atoms. The fourth-order valence-corrected chi connectivity index (χ4v) is 3.28. The Labute approximate surface area is 111 Å². The number of nitrogens with zero attached hydrogens (tertiary/aromatic N) is 2. The minimum absolute atomic E-state index is 0.00366. The molecule has 1 N–H and O–H groups in total. The molecule has 1 aromatic rings. The van der Waals surface area contributed by atoms with Gasteiger partial charge in [-0.25, -0.2) is 18.2 Å². The summed E-state index contributed by atoms with van der Waals surface area (Å²) in [7, 11) is -3.68. The van der Waals surface area contributed by atoms with Crippen LogP contribution < -0.4 is 0 Å². The largest absolute Gasteiger partial charge is 0.478 e. The van der Waals surface area contributed by atoms with Crippen molar-refractivity contribution in [2.45, 2.75) is 23.9 Å². The lowest BCUT2D eigenvalue weighted by Gasteiger charge is -2.19. The van der Waals surface area contributed by atoms with E-state index in [0.717, 1.165) is 19.0 Å². The van der Waals surface area contributed by atoms with Crippen LogP contribution in [0, 0.1) is 0 Å². The van der Waals surface area contributed by atoms with Crippen LogP contribution >= 0.6 is 0 Å². The van der Waals surface area contributed by atoms with Gasteiger partial charge in [-0.1, -0.05) is 6.08 Å². The van der Waals surface area contributed by atoms with E-state index in [4.69, 9.17) is 5.11 Å². The minimum Gasteiger partial charge on any atom is -0.478 e. The molecule has 0 aromatic carbocycles. The average molecular weight is 282 g/mol. The van der Waals surface area contributed by atoms with Gasteiger partial charge >= 0.3 is 5.97 Å². The van der Waals surface area contributed by atoms with Crippen LogP contribution in [-0.4, -0.2) is 41.4 Å². The number of sulfonamides is 1. The van der Waals surface area contributed by atoms with Crippen molar-refractivity contribution in [3.63, 3.8) is 0 Å². The number of aromatic nitrogens is 1. The quantitative estimate of drug-likeness (QED) is 0.790. The molecule has 1 aliphatic rings. The van der Waals surface area contributed by atoms with Crippen LogP contribution in [0.1, 0.15) is 23.2 Å². The van der Waals surface area contributed by atoms with E-state index < -0.39 is 16.0 Å². The Morgan fingerprint density at radius 1 is 1.53 bits per heavy atom. The first-order valence-electron chi connectivity index (χ1n) is 5.79. The summed E-state index contributed by atoms with van der Waals surface area (Å²) < 4.78 is 26.1. The third-order valence-corrected chi connectivity index (χ3v) is 4.65. The molecule has 0 aliphatic heterocycles. The van der Waals surface area contributed by atoms with Gasteiger partial charge in [-0.05, 0) is 25.0 Å². The van der Waals surface area contributed by atoms with Crippen LogP contribution in [0.4, 0.5) is 0 Å². The van der Waals surface area contributed by atoms with Gasteiger partial charge in [-0.15, -0.1) is 6.58 Å². The third kappa shape index (κ3) is 2.82. The molecular weight excluding hydrogens is 268 g/mol. The van der Waals surface area contributed by atoms with Crippen LogP contribution in [0.15, 0.2) is 36.0 Å². The third-order valence-electron chi connectivity index (χ3n) is 2.82. The van der Waals surface area contributed by atoms with Gasteiger partial charge < -0.3 is 5.11 Å². The van der Waals surface area contributed by atoms with Crippen molar-refractivity contribution in [2.75, 3.05) is 6.54 Å². The summed E-state index contributed by atoms with van der Waals surface area (Å²) in [6.45, 7) is 3.78. The van der Waals surface area contributed by atoms with Gasteiger partial charge in [0.25, 0.3) is 10.0 Å². The number of pyridine rings is 1. The van der Waals surface area contributed by atoms with Crippen LogP contribution in [0.25, 0.3) is 0 Å². The second kappa shape index (κ2) is 5.10. The van der Waals surface area contributed by atoms with Crippen molar-refractivity contribution in [1.82, 2.24) is 9.29 Å². The van der Waals surface area contributed by atoms with Crippen molar-refractivity contribution in [3.05, 3.63) is 36.5 Å². The van der Waals surface area contributed by atoms with Gasteiger partial charge in [0.2, 0.25) is 0 Å². The van der Waals surface area contributed by atoms with Crippen molar-refractivity contribution >= 4 is 16.0 Å². The summed E-state index contributed by atoms with van der Waals surface area (Å²) in [5.74, 6) is -1.14. The maximum absolute atomic E-state index is 12.4. The summed E-state index contributed by atoms with van der Waals surface area (Å²) in [5, 5.41) is 8.62. The monoisotopic (exact) mass is 282 g/mol. The zero-order valence-corrected chi connectivity index (χ0v) is 11.0. The van der Waals surface area contributed by atoms with Crippen molar-refractivity contribution in [2.24, 2.45) is 0 Å². The molecule has 1 aliphatic carbocycles. The lowest BCUT2D eigenvalue weighted by molar-refractivity contribution is 0.0696. The van der Waals surface area contributed by atoms with Crippen LogP contribution in [0.3, 0.4) is 0 Å². The standard InChI is InChI=1S/C12H14N2O4S/c1-2-7-14(10-4-5-10)19(17,18)11-6-3-9(8-13-11)12(15)16/h2-3,6,8,10H,1,4-5,7H2,(H,15,16). The fraction of sp³-hybridized carbons (Fsp3) is 0.333. The summed E-state index contributed by atoms with van der Waals surface area (Å²) in [4.78, 5) is 14.4. The summed E-state index contributed by atoms with van der Waals surface area (Å²) in [6, 6.07) is 2.46. The molecule has 0 atom stereocenters. The molecule has 102 valence electrons. The van der Waals surface area contributed by atoms with Crippen molar-refractivity contribution in [1.29, 1.82) is 0 Å². The second-order valence-corrected chi connectivity index (χ2v) is 6.12. The molecule has 0 saturated heterocycles. The van der Waals surface area contributed by atoms with Crippen molar-refractivity contribution in [3.8, 4) is 0 Å². The minimum atomic E-state index is -3.68. The Morgan fingerprint density at radius 2 is 2.21 bits per heavy atom. The van der Waals surface area contributed by atoms with E-state index >= 15 is 0 Å². The van der Waals surface area contributed by atoms with Crippen LogP contribution in [0.5, 0.6) is 0 Å². The number of rotatable bonds is 6. The van der Waals surface area contributed by atoms with E-state index in [0.29, 0.717) is 0 Å². The first kappa shape index (κ1) is 13.7. The molecule has 1 fully saturated rings. The molecule has 6 nitrogen and oxygen atoms in total. The molecule has 7 heteroatoms. The highest BCUT2D eigenvalue weighted by atomic mass is 32.2. The van der Waals surface area contributed by atoms with Gasteiger partial charge in [0.1, 0.15) is 0 Å². The molecule has 1 saturated carbocycles. The van der Waals surface area contributed by atoms with E-state index in [1.807, 2.05) is 0 Å². The molecule has 2 rings (SSSR count). The van der Waals surface area contributed by atoms with E-state index in [2.05, 4.69) is 11.6 Å². The van der Waals surface area contributed by atoms with Gasteiger partial charge in [0.05, 0.1) is 5.56 Å². The molecule has 1 heterocycles. The van der Waals surface area contributed by atoms with E-state index in [1.54, 1.807) is 0 Å². The number of aromatic carboxylic acids is 1. The SMILES string of the molecule is C=CCN(C1CC1)S(=O)(=O)c1ccc(C(=O)O)cn1. The van der Waals surface area contributed by atoms with Gasteiger partial charge in [-0.3, -0.25) is 0 Å². The molecule has 0 radical (unpaired) electrons. The lowest BCUT2D eigenvalue weighted by Crippen LogP contribution is -2.33.